The van der Waals surface area contributed by atoms with Gasteiger partial charge in [0.1, 0.15) is 5.82 Å². The van der Waals surface area contributed by atoms with Crippen LogP contribution in [0.3, 0.4) is 0 Å². The predicted octanol–water partition coefficient (Wildman–Crippen LogP) is 2.66. The zero-order valence-electron chi connectivity index (χ0n) is 16.4. The van der Waals surface area contributed by atoms with E-state index in [0.29, 0.717) is 19.0 Å². The van der Waals surface area contributed by atoms with Gasteiger partial charge in [0.2, 0.25) is 0 Å². The van der Waals surface area contributed by atoms with Crippen molar-refractivity contribution in [3.05, 3.63) is 53.9 Å². The van der Waals surface area contributed by atoms with E-state index in [1.807, 2.05) is 42.5 Å². The molecule has 0 radical (unpaired) electrons. The van der Waals surface area contributed by atoms with Gasteiger partial charge in [-0.05, 0) is 42.7 Å². The van der Waals surface area contributed by atoms with Crippen molar-refractivity contribution in [3.8, 4) is 11.5 Å². The van der Waals surface area contributed by atoms with E-state index in [4.69, 9.17) is 15.2 Å². The number of guanidine groups is 1. The Morgan fingerprint density at radius 1 is 1.11 bits per heavy atom. The molecule has 0 fully saturated rings. The average molecular weight is 381 g/mol. The minimum atomic E-state index is 0.463. The van der Waals surface area contributed by atoms with Crippen LogP contribution in [0.25, 0.3) is 11.0 Å². The van der Waals surface area contributed by atoms with Crippen molar-refractivity contribution < 1.29 is 9.47 Å². The quantitative estimate of drug-likeness (QED) is 0.301. The van der Waals surface area contributed by atoms with Gasteiger partial charge in [0, 0.05) is 19.5 Å². The molecular formula is C21H27N5O2. The van der Waals surface area contributed by atoms with E-state index in [1.165, 1.54) is 0 Å². The summed E-state index contributed by atoms with van der Waals surface area (Å²) in [7, 11) is 3.26. The number of hydrogen-bond donors (Lipinski definition) is 3. The van der Waals surface area contributed by atoms with Gasteiger partial charge in [0.05, 0.1) is 25.3 Å². The third-order valence-electron chi connectivity index (χ3n) is 4.46. The van der Waals surface area contributed by atoms with E-state index >= 15 is 0 Å². The number of methoxy groups -OCH3 is 2. The van der Waals surface area contributed by atoms with Gasteiger partial charge >= 0.3 is 0 Å². The van der Waals surface area contributed by atoms with Crippen LogP contribution in [0, 0.1) is 0 Å². The number of aromatic amines is 1. The van der Waals surface area contributed by atoms with Crippen molar-refractivity contribution in [2.24, 2.45) is 10.7 Å². The Bertz CT molecular complexity index is 902. The van der Waals surface area contributed by atoms with Crippen molar-refractivity contribution in [1.29, 1.82) is 0 Å². The summed E-state index contributed by atoms with van der Waals surface area (Å²) >= 11 is 0. The van der Waals surface area contributed by atoms with Crippen molar-refractivity contribution in [2.75, 3.05) is 27.3 Å². The Morgan fingerprint density at radius 2 is 1.93 bits per heavy atom. The molecule has 1 heterocycles. The summed E-state index contributed by atoms with van der Waals surface area (Å²) in [6, 6.07) is 13.9. The highest BCUT2D eigenvalue weighted by atomic mass is 16.5. The highest BCUT2D eigenvalue weighted by molar-refractivity contribution is 5.77. The molecule has 0 bridgehead atoms. The van der Waals surface area contributed by atoms with Gasteiger partial charge in [0.15, 0.2) is 17.5 Å². The number of nitrogens with two attached hydrogens (primary N) is 1. The highest BCUT2D eigenvalue weighted by Gasteiger charge is 2.05. The number of para-hydroxylation sites is 2. The maximum absolute atomic E-state index is 5.95. The smallest absolute Gasteiger partial charge is 0.188 e. The van der Waals surface area contributed by atoms with E-state index in [-0.39, 0.29) is 0 Å². The van der Waals surface area contributed by atoms with Gasteiger partial charge in [-0.2, -0.15) is 0 Å². The minimum absolute atomic E-state index is 0.463. The standard InChI is InChI=1S/C21H27N5O2/c1-27-18-10-9-15(14-19(18)28-2)11-13-24-21(22)23-12-5-8-20-25-16-6-3-4-7-17(16)26-20/h3-4,6-7,9-10,14H,5,8,11-13H2,1-2H3,(H,25,26)(H3,22,23,24). The first-order valence-corrected chi connectivity index (χ1v) is 9.38. The second kappa shape index (κ2) is 9.64. The van der Waals surface area contributed by atoms with Crippen LogP contribution in [0.2, 0.25) is 0 Å². The summed E-state index contributed by atoms with van der Waals surface area (Å²) in [6.07, 6.45) is 2.55. The number of H-pyrrole nitrogens is 1. The Morgan fingerprint density at radius 3 is 2.71 bits per heavy atom. The lowest BCUT2D eigenvalue weighted by molar-refractivity contribution is 0.354. The maximum atomic E-state index is 5.95. The molecule has 1 aromatic heterocycles. The van der Waals surface area contributed by atoms with Crippen LogP contribution in [0.15, 0.2) is 47.5 Å². The van der Waals surface area contributed by atoms with E-state index in [9.17, 15) is 0 Å². The van der Waals surface area contributed by atoms with Crippen LogP contribution >= 0.6 is 0 Å². The molecule has 7 nitrogen and oxygen atoms in total. The fourth-order valence-corrected chi connectivity index (χ4v) is 3.00. The van der Waals surface area contributed by atoms with E-state index < -0.39 is 0 Å². The molecule has 0 unspecified atom stereocenters. The SMILES string of the molecule is COc1ccc(CCNC(N)=NCCCc2nc3ccccc3[nH]2)cc1OC. The Hall–Kier alpha value is -3.22. The molecule has 0 aliphatic carbocycles. The number of ether oxygens (including phenoxy) is 2. The molecular weight excluding hydrogens is 354 g/mol. The van der Waals surface area contributed by atoms with Crippen LogP contribution < -0.4 is 20.5 Å². The molecule has 148 valence electrons. The fraction of sp³-hybridized carbons (Fsp3) is 0.333. The summed E-state index contributed by atoms with van der Waals surface area (Å²) < 4.78 is 10.6. The number of imidazole rings is 1. The number of aromatic nitrogens is 2. The summed E-state index contributed by atoms with van der Waals surface area (Å²) in [5.41, 5.74) is 9.16. The molecule has 0 aliphatic heterocycles. The summed E-state index contributed by atoms with van der Waals surface area (Å²) in [4.78, 5) is 12.3. The molecule has 0 atom stereocenters. The third-order valence-corrected chi connectivity index (χ3v) is 4.46. The van der Waals surface area contributed by atoms with E-state index in [0.717, 1.165) is 53.2 Å². The number of hydrogen-bond acceptors (Lipinski definition) is 4. The molecule has 0 saturated carbocycles. The fourth-order valence-electron chi connectivity index (χ4n) is 3.00. The third kappa shape index (κ3) is 5.16. The van der Waals surface area contributed by atoms with Crippen molar-refractivity contribution in [3.63, 3.8) is 0 Å². The van der Waals surface area contributed by atoms with Crippen LogP contribution in [-0.4, -0.2) is 43.2 Å². The van der Waals surface area contributed by atoms with E-state index in [2.05, 4.69) is 20.3 Å². The van der Waals surface area contributed by atoms with Gasteiger partial charge in [-0.15, -0.1) is 0 Å². The second-order valence-corrected chi connectivity index (χ2v) is 6.44. The Balaban J connectivity index is 1.39. The molecule has 0 amide bonds. The number of aryl methyl sites for hydroxylation is 1. The molecule has 3 aromatic rings. The maximum Gasteiger partial charge on any atom is 0.188 e. The van der Waals surface area contributed by atoms with Crippen molar-refractivity contribution in [1.82, 2.24) is 15.3 Å². The Labute approximate surface area is 165 Å². The van der Waals surface area contributed by atoms with Crippen LogP contribution in [0.5, 0.6) is 11.5 Å². The topological polar surface area (TPSA) is 97.5 Å². The molecule has 0 aliphatic rings. The molecule has 4 N–H and O–H groups in total. The summed E-state index contributed by atoms with van der Waals surface area (Å²) in [5, 5.41) is 3.15. The van der Waals surface area contributed by atoms with Crippen LogP contribution in [-0.2, 0) is 12.8 Å². The summed E-state index contributed by atoms with van der Waals surface area (Å²) in [6.45, 7) is 1.36. The van der Waals surface area contributed by atoms with Gasteiger partial charge in [-0.3, -0.25) is 4.99 Å². The largest absolute Gasteiger partial charge is 0.493 e. The number of fused-ring (bicyclic) bond motifs is 1. The first-order valence-electron chi connectivity index (χ1n) is 9.38. The van der Waals surface area contributed by atoms with Crippen molar-refractivity contribution >= 4 is 17.0 Å². The lowest BCUT2D eigenvalue weighted by Crippen LogP contribution is -2.33. The normalized spacial score (nSPS) is 11.6. The molecule has 2 aromatic carbocycles. The second-order valence-electron chi connectivity index (χ2n) is 6.44. The Kier molecular flexibility index (Phi) is 6.73. The molecule has 3 rings (SSSR count). The molecule has 0 spiro atoms. The number of rotatable bonds is 9. The zero-order valence-corrected chi connectivity index (χ0v) is 16.4. The summed E-state index contributed by atoms with van der Waals surface area (Å²) in [5.74, 6) is 2.90. The van der Waals surface area contributed by atoms with Crippen LogP contribution in [0.1, 0.15) is 17.8 Å². The first-order chi connectivity index (χ1) is 13.7. The first kappa shape index (κ1) is 19.5. The minimum Gasteiger partial charge on any atom is -0.493 e. The van der Waals surface area contributed by atoms with E-state index in [1.54, 1.807) is 14.2 Å². The number of nitrogens with one attached hydrogen (secondary N) is 2. The lowest BCUT2D eigenvalue weighted by atomic mass is 10.1. The monoisotopic (exact) mass is 381 g/mol. The molecule has 0 saturated heterocycles. The van der Waals surface area contributed by atoms with Gasteiger partial charge < -0.3 is 25.5 Å². The predicted molar refractivity (Wildman–Crippen MR) is 112 cm³/mol. The average Bonchev–Trinajstić information content (AvgIpc) is 3.14. The highest BCUT2D eigenvalue weighted by Crippen LogP contribution is 2.27. The number of aliphatic imine (C=N–C) groups is 1. The molecule has 7 heteroatoms. The van der Waals surface area contributed by atoms with Gasteiger partial charge in [-0.1, -0.05) is 18.2 Å². The number of benzene rings is 2. The van der Waals surface area contributed by atoms with Gasteiger partial charge in [0.25, 0.3) is 0 Å². The lowest BCUT2D eigenvalue weighted by Gasteiger charge is -2.10. The van der Waals surface area contributed by atoms with Gasteiger partial charge in [-0.25, -0.2) is 4.98 Å². The zero-order chi connectivity index (χ0) is 19.8. The van der Waals surface area contributed by atoms with Crippen molar-refractivity contribution in [2.45, 2.75) is 19.3 Å². The molecule has 28 heavy (non-hydrogen) atoms. The number of nitrogens with zero attached hydrogens (tertiary/aromatic N) is 2. The van der Waals surface area contributed by atoms with Crippen LogP contribution in [0.4, 0.5) is 0 Å².